The van der Waals surface area contributed by atoms with Crippen molar-refractivity contribution in [2.75, 3.05) is 0 Å². The maximum atomic E-state index is 7.83. The normalized spacial score (nSPS) is 2.00. The minimum Gasteiger partial charge on any atom is -1.00 e. The van der Waals surface area contributed by atoms with E-state index < -0.39 is 0 Å². The summed E-state index contributed by atoms with van der Waals surface area (Å²) in [5.74, 6) is 0. The molecule has 0 aliphatic rings. The molecule has 0 aliphatic carbocycles. The van der Waals surface area contributed by atoms with Crippen LogP contribution < -0.4 is 29.6 Å². The molecule has 0 aromatic carbocycles. The molecule has 0 saturated heterocycles. The second-order valence-corrected chi connectivity index (χ2v) is 0. The fourth-order valence-corrected chi connectivity index (χ4v) is 0. The predicted molar refractivity (Wildman–Crippen MR) is 20.6 cm³/mol. The summed E-state index contributed by atoms with van der Waals surface area (Å²) in [6.07, 6.45) is 0. The Labute approximate surface area is 61.4 Å². The van der Waals surface area contributed by atoms with Crippen LogP contribution in [0, 0.1) is 0 Å². The van der Waals surface area contributed by atoms with Gasteiger partial charge in [0, 0.05) is 0 Å². The van der Waals surface area contributed by atoms with Crippen molar-refractivity contribution in [3.63, 3.8) is 0 Å². The molecule has 0 aromatic rings. The molecular formula is C2H7NaOS. The summed E-state index contributed by atoms with van der Waals surface area (Å²) in [4.78, 5) is 0. The molecule has 5 heavy (non-hydrogen) atoms. The smallest absolute Gasteiger partial charge is 1.00 e. The molecule has 0 amide bonds. The van der Waals surface area contributed by atoms with E-state index in [1.807, 2.05) is 13.8 Å². The summed E-state index contributed by atoms with van der Waals surface area (Å²) in [7, 11) is 0. The van der Waals surface area contributed by atoms with Crippen LogP contribution in [0.3, 0.4) is 0 Å². The van der Waals surface area contributed by atoms with Gasteiger partial charge in [-0.25, -0.2) is 0 Å². The zero-order chi connectivity index (χ0) is 4.00. The molecule has 0 saturated carbocycles. The largest absolute Gasteiger partial charge is 1.00 e. The summed E-state index contributed by atoms with van der Waals surface area (Å²) in [5.41, 5.74) is 0. The molecule has 0 atom stereocenters. The number of rotatable bonds is 0. The summed E-state index contributed by atoms with van der Waals surface area (Å²) < 4.78 is 7.83. The van der Waals surface area contributed by atoms with E-state index in [2.05, 4.69) is 12.5 Å². The van der Waals surface area contributed by atoms with Gasteiger partial charge < -0.3 is 1.43 Å². The van der Waals surface area contributed by atoms with E-state index >= 15 is 0 Å². The summed E-state index contributed by atoms with van der Waals surface area (Å²) in [6.45, 7) is 4.00. The molecule has 0 aliphatic heterocycles. The summed E-state index contributed by atoms with van der Waals surface area (Å²) in [6, 6.07) is 0. The topological polar surface area (TPSA) is 17.1 Å². The maximum Gasteiger partial charge on any atom is 1.00 e. The van der Waals surface area contributed by atoms with E-state index in [1.165, 1.54) is 0 Å². The van der Waals surface area contributed by atoms with Crippen LogP contribution in [0.2, 0.25) is 0 Å². The van der Waals surface area contributed by atoms with Gasteiger partial charge in [-0.05, 0) is 0 Å². The van der Waals surface area contributed by atoms with Gasteiger partial charge in [0.25, 0.3) is 0 Å². The van der Waals surface area contributed by atoms with E-state index in [0.29, 0.717) is 0 Å². The quantitative estimate of drug-likeness (QED) is 0.323. The number of hydrogen-bond donors (Lipinski definition) is 0. The van der Waals surface area contributed by atoms with Crippen LogP contribution in [0.25, 0.3) is 0 Å². The Kier molecular flexibility index (Phi) is 259. The standard InChI is InChI=1S/C2H6.Na.OS.H/c1-2;;1-2;/h1-2H3;;;/q;+1;;-1. The van der Waals surface area contributed by atoms with Gasteiger partial charge in [0.05, 0.1) is 0 Å². The van der Waals surface area contributed by atoms with Gasteiger partial charge in [-0.2, -0.15) is 4.21 Å². The first-order chi connectivity index (χ1) is 2.00. The van der Waals surface area contributed by atoms with Crippen molar-refractivity contribution < 1.29 is 35.2 Å². The molecule has 0 N–H and O–H groups in total. The molecule has 0 unspecified atom stereocenters. The van der Waals surface area contributed by atoms with Crippen LogP contribution in [0.4, 0.5) is 0 Å². The van der Waals surface area contributed by atoms with Gasteiger partial charge >= 0.3 is 29.6 Å². The van der Waals surface area contributed by atoms with Crippen LogP contribution in [-0.2, 0) is 12.5 Å². The Bertz CT molecular complexity index is 13.5. The third kappa shape index (κ3) is 44.0. The Morgan fingerprint density at radius 1 is 1.40 bits per heavy atom. The SMILES string of the molecule is CC.O=S.[H-].[Na+]. The van der Waals surface area contributed by atoms with Crippen LogP contribution >= 0.6 is 0 Å². The second-order valence-electron chi connectivity index (χ2n) is 0. The molecule has 0 rings (SSSR count). The minimum atomic E-state index is 0. The monoisotopic (exact) mass is 102 g/mol. The van der Waals surface area contributed by atoms with Crippen LogP contribution in [-0.4, -0.2) is 4.21 Å². The molecule has 0 heterocycles. The van der Waals surface area contributed by atoms with Crippen molar-refractivity contribution in [1.29, 1.82) is 0 Å². The fraction of sp³-hybridized carbons (Fsp3) is 1.00. The van der Waals surface area contributed by atoms with Crippen molar-refractivity contribution in [3.05, 3.63) is 0 Å². The Hall–Kier alpha value is 1.02. The van der Waals surface area contributed by atoms with Gasteiger partial charge in [-0.3, -0.25) is 0 Å². The van der Waals surface area contributed by atoms with Gasteiger partial charge in [0.1, 0.15) is 0 Å². The molecule has 0 aromatic heterocycles. The zero-order valence-electron chi connectivity index (χ0n) is 4.82. The average Bonchev–Trinajstić information content (AvgIpc) is 1.50. The summed E-state index contributed by atoms with van der Waals surface area (Å²) in [5, 5.41) is 0. The van der Waals surface area contributed by atoms with E-state index in [0.717, 1.165) is 0 Å². The van der Waals surface area contributed by atoms with E-state index in [1.54, 1.807) is 0 Å². The second kappa shape index (κ2) is 78.0. The first kappa shape index (κ1) is 16.6. The predicted octanol–water partition coefficient (Wildman–Crippen LogP) is -2.19. The van der Waals surface area contributed by atoms with Crippen molar-refractivity contribution >= 4 is 12.5 Å². The minimum absolute atomic E-state index is 0. The molecule has 28 valence electrons. The molecular weight excluding hydrogens is 95.1 g/mol. The van der Waals surface area contributed by atoms with Crippen LogP contribution in [0.1, 0.15) is 15.3 Å². The Morgan fingerprint density at radius 2 is 1.40 bits per heavy atom. The van der Waals surface area contributed by atoms with Crippen LogP contribution in [0.5, 0.6) is 0 Å². The zero-order valence-corrected chi connectivity index (χ0v) is 6.63. The third-order valence-electron chi connectivity index (χ3n) is 0. The molecule has 0 radical (unpaired) electrons. The van der Waals surface area contributed by atoms with Crippen molar-refractivity contribution in [2.24, 2.45) is 0 Å². The van der Waals surface area contributed by atoms with Gasteiger partial charge in [0.2, 0.25) is 0 Å². The van der Waals surface area contributed by atoms with E-state index in [4.69, 9.17) is 4.21 Å². The third-order valence-corrected chi connectivity index (χ3v) is 0. The molecule has 0 bridgehead atoms. The van der Waals surface area contributed by atoms with Gasteiger partial charge in [0.15, 0.2) is 12.5 Å². The summed E-state index contributed by atoms with van der Waals surface area (Å²) >= 11 is 2.83. The van der Waals surface area contributed by atoms with Gasteiger partial charge in [-0.15, -0.1) is 0 Å². The molecule has 3 heteroatoms. The molecule has 1 nitrogen and oxygen atoms in total. The first-order valence-corrected chi connectivity index (χ1v) is 1.50. The first-order valence-electron chi connectivity index (χ1n) is 1.17. The van der Waals surface area contributed by atoms with Crippen molar-refractivity contribution in [1.82, 2.24) is 0 Å². The Morgan fingerprint density at radius 3 is 1.40 bits per heavy atom. The average molecular weight is 102 g/mol. The van der Waals surface area contributed by atoms with E-state index in [-0.39, 0.29) is 31.0 Å². The van der Waals surface area contributed by atoms with Crippen LogP contribution in [0.15, 0.2) is 0 Å². The van der Waals surface area contributed by atoms with Gasteiger partial charge in [-0.1, -0.05) is 13.8 Å². The molecule has 0 spiro atoms. The number of hydrogen-bond acceptors (Lipinski definition) is 2. The van der Waals surface area contributed by atoms with E-state index in [9.17, 15) is 0 Å². The maximum absolute atomic E-state index is 7.83. The Balaban J connectivity index is -0.00000000500. The van der Waals surface area contributed by atoms with Crippen molar-refractivity contribution in [2.45, 2.75) is 13.8 Å². The molecule has 0 fully saturated rings. The fourth-order valence-electron chi connectivity index (χ4n) is 0. The van der Waals surface area contributed by atoms with Crippen molar-refractivity contribution in [3.8, 4) is 0 Å².